The van der Waals surface area contributed by atoms with E-state index in [0.717, 1.165) is 18.2 Å². The van der Waals surface area contributed by atoms with Gasteiger partial charge in [-0.3, -0.25) is 0 Å². The highest BCUT2D eigenvalue weighted by Gasteiger charge is 2.08. The maximum absolute atomic E-state index is 13.5. The van der Waals surface area contributed by atoms with Crippen molar-refractivity contribution in [2.45, 2.75) is 0 Å². The zero-order valence-corrected chi connectivity index (χ0v) is 10.1. The zero-order valence-electron chi connectivity index (χ0n) is 10.1. The molecule has 0 aliphatic carbocycles. The lowest BCUT2D eigenvalue weighted by atomic mass is 10.1. The Bertz CT molecular complexity index is 650. The summed E-state index contributed by atoms with van der Waals surface area (Å²) in [5.41, 5.74) is 0.626. The van der Waals surface area contributed by atoms with Crippen molar-refractivity contribution >= 4 is 11.4 Å². The fraction of sp³-hybridized carbons (Fsp3) is 0.0714. The Hall–Kier alpha value is -2.61. The first-order valence-corrected chi connectivity index (χ1v) is 5.44. The van der Waals surface area contributed by atoms with Crippen LogP contribution in [0.3, 0.4) is 0 Å². The second-order valence-corrected chi connectivity index (χ2v) is 3.77. The lowest BCUT2D eigenvalue weighted by Gasteiger charge is -2.10. The van der Waals surface area contributed by atoms with Crippen molar-refractivity contribution in [2.75, 3.05) is 12.4 Å². The number of rotatable bonds is 3. The molecule has 0 aromatic heterocycles. The van der Waals surface area contributed by atoms with Gasteiger partial charge in [0.15, 0.2) is 0 Å². The van der Waals surface area contributed by atoms with Crippen molar-refractivity contribution in [3.05, 3.63) is 53.6 Å². The summed E-state index contributed by atoms with van der Waals surface area (Å²) in [6, 6.07) is 9.73. The predicted octanol–water partition coefficient (Wildman–Crippen LogP) is 3.59. The number of ether oxygens (including phenoxy) is 1. The molecular formula is C14H10F2N2O. The van der Waals surface area contributed by atoms with Crippen molar-refractivity contribution in [1.29, 1.82) is 5.26 Å². The molecule has 0 amide bonds. The highest BCUT2D eigenvalue weighted by atomic mass is 19.1. The molecule has 0 bridgehead atoms. The molecule has 19 heavy (non-hydrogen) atoms. The minimum atomic E-state index is -0.604. The molecule has 0 radical (unpaired) electrons. The van der Waals surface area contributed by atoms with Crippen LogP contribution in [-0.2, 0) is 0 Å². The van der Waals surface area contributed by atoms with Gasteiger partial charge < -0.3 is 10.1 Å². The Morgan fingerprint density at radius 3 is 2.58 bits per heavy atom. The van der Waals surface area contributed by atoms with Gasteiger partial charge in [0.2, 0.25) is 0 Å². The summed E-state index contributed by atoms with van der Waals surface area (Å²) < 4.78 is 31.6. The first kappa shape index (κ1) is 12.8. The molecule has 0 heterocycles. The summed E-state index contributed by atoms with van der Waals surface area (Å²) in [6.45, 7) is 0. The molecule has 0 fully saturated rings. The first-order valence-electron chi connectivity index (χ1n) is 5.44. The normalized spacial score (nSPS) is 9.79. The van der Waals surface area contributed by atoms with Crippen LogP contribution in [0.15, 0.2) is 36.4 Å². The van der Waals surface area contributed by atoms with Crippen molar-refractivity contribution in [3.63, 3.8) is 0 Å². The van der Waals surface area contributed by atoms with E-state index >= 15 is 0 Å². The molecular weight excluding hydrogens is 250 g/mol. The van der Waals surface area contributed by atoms with Gasteiger partial charge in [0, 0.05) is 12.1 Å². The monoisotopic (exact) mass is 260 g/mol. The third kappa shape index (κ3) is 2.80. The number of methoxy groups -OCH3 is 1. The SMILES string of the molecule is COc1ccc(C#N)c(Nc2cc(F)ccc2F)c1. The molecule has 5 heteroatoms. The highest BCUT2D eigenvalue weighted by molar-refractivity contribution is 5.68. The Labute approximate surface area is 109 Å². The molecule has 2 rings (SSSR count). The Balaban J connectivity index is 2.42. The van der Waals surface area contributed by atoms with Crippen LogP contribution in [0.2, 0.25) is 0 Å². The van der Waals surface area contributed by atoms with E-state index in [4.69, 9.17) is 10.00 Å². The van der Waals surface area contributed by atoms with E-state index < -0.39 is 11.6 Å². The van der Waals surface area contributed by atoms with Crippen LogP contribution in [0.4, 0.5) is 20.2 Å². The lowest BCUT2D eigenvalue weighted by molar-refractivity contribution is 0.415. The summed E-state index contributed by atoms with van der Waals surface area (Å²) in [7, 11) is 1.48. The quantitative estimate of drug-likeness (QED) is 0.917. The van der Waals surface area contributed by atoms with Gasteiger partial charge in [-0.1, -0.05) is 0 Å². The summed E-state index contributed by atoms with van der Waals surface area (Å²) in [5, 5.41) is 11.7. The van der Waals surface area contributed by atoms with Crippen molar-refractivity contribution in [1.82, 2.24) is 0 Å². The van der Waals surface area contributed by atoms with Crippen LogP contribution >= 0.6 is 0 Å². The fourth-order valence-corrected chi connectivity index (χ4v) is 1.59. The smallest absolute Gasteiger partial charge is 0.146 e. The summed E-state index contributed by atoms with van der Waals surface area (Å²) in [4.78, 5) is 0. The van der Waals surface area contributed by atoms with Crippen molar-refractivity contribution in [2.24, 2.45) is 0 Å². The van der Waals surface area contributed by atoms with Gasteiger partial charge in [-0.2, -0.15) is 5.26 Å². The maximum Gasteiger partial charge on any atom is 0.146 e. The summed E-state index contributed by atoms with van der Waals surface area (Å²) in [5.74, 6) is -0.656. The van der Waals surface area contributed by atoms with Crippen LogP contribution in [0, 0.1) is 23.0 Å². The topological polar surface area (TPSA) is 45.0 Å². The van der Waals surface area contributed by atoms with Crippen molar-refractivity contribution < 1.29 is 13.5 Å². The number of halogens is 2. The van der Waals surface area contributed by atoms with Crippen LogP contribution in [-0.4, -0.2) is 7.11 Å². The lowest BCUT2D eigenvalue weighted by Crippen LogP contribution is -1.98. The fourth-order valence-electron chi connectivity index (χ4n) is 1.59. The number of hydrogen-bond acceptors (Lipinski definition) is 3. The van der Waals surface area contributed by atoms with E-state index in [1.807, 2.05) is 6.07 Å². The van der Waals surface area contributed by atoms with Crippen molar-refractivity contribution in [3.8, 4) is 11.8 Å². The first-order chi connectivity index (χ1) is 9.13. The second-order valence-electron chi connectivity index (χ2n) is 3.77. The van der Waals surface area contributed by atoms with E-state index in [9.17, 15) is 8.78 Å². The molecule has 0 aliphatic rings. The number of nitrogens with zero attached hydrogens (tertiary/aromatic N) is 1. The summed E-state index contributed by atoms with van der Waals surface area (Å²) >= 11 is 0. The molecule has 1 N–H and O–H groups in total. The van der Waals surface area contributed by atoms with E-state index in [2.05, 4.69) is 5.32 Å². The van der Waals surface area contributed by atoms with Gasteiger partial charge >= 0.3 is 0 Å². The Kier molecular flexibility index (Phi) is 3.62. The molecule has 0 saturated heterocycles. The molecule has 0 atom stereocenters. The molecule has 0 spiro atoms. The average molecular weight is 260 g/mol. The number of hydrogen-bond donors (Lipinski definition) is 1. The number of nitriles is 1. The number of nitrogens with one attached hydrogen (secondary N) is 1. The number of anilines is 2. The second kappa shape index (κ2) is 5.36. The molecule has 2 aromatic carbocycles. The molecule has 96 valence electrons. The Morgan fingerprint density at radius 2 is 1.89 bits per heavy atom. The van der Waals surface area contributed by atoms with Gasteiger partial charge in [-0.25, -0.2) is 8.78 Å². The Morgan fingerprint density at radius 1 is 1.11 bits per heavy atom. The van der Waals surface area contributed by atoms with Gasteiger partial charge in [0.1, 0.15) is 23.5 Å². The van der Waals surface area contributed by atoms with Gasteiger partial charge in [-0.15, -0.1) is 0 Å². The summed E-state index contributed by atoms with van der Waals surface area (Å²) in [6.07, 6.45) is 0. The average Bonchev–Trinajstić information content (AvgIpc) is 2.42. The van der Waals surface area contributed by atoms with Crippen LogP contribution < -0.4 is 10.1 Å². The van der Waals surface area contributed by atoms with E-state index in [1.54, 1.807) is 18.2 Å². The van der Waals surface area contributed by atoms with Crippen LogP contribution in [0.25, 0.3) is 0 Å². The largest absolute Gasteiger partial charge is 0.497 e. The van der Waals surface area contributed by atoms with Crippen LogP contribution in [0.1, 0.15) is 5.56 Å². The zero-order chi connectivity index (χ0) is 13.8. The minimum Gasteiger partial charge on any atom is -0.497 e. The molecule has 3 nitrogen and oxygen atoms in total. The third-order valence-corrected chi connectivity index (χ3v) is 2.54. The highest BCUT2D eigenvalue weighted by Crippen LogP contribution is 2.27. The van der Waals surface area contributed by atoms with Gasteiger partial charge in [-0.05, 0) is 24.3 Å². The minimum absolute atomic E-state index is 0.0373. The molecule has 0 saturated carbocycles. The predicted molar refractivity (Wildman–Crippen MR) is 67.3 cm³/mol. The maximum atomic E-state index is 13.5. The van der Waals surface area contributed by atoms with Crippen LogP contribution in [0.5, 0.6) is 5.75 Å². The molecule has 0 unspecified atom stereocenters. The van der Waals surface area contributed by atoms with E-state index in [-0.39, 0.29) is 5.69 Å². The van der Waals surface area contributed by atoms with E-state index in [0.29, 0.717) is 17.0 Å². The number of benzene rings is 2. The van der Waals surface area contributed by atoms with E-state index in [1.165, 1.54) is 7.11 Å². The molecule has 0 aliphatic heterocycles. The molecule has 2 aromatic rings. The van der Waals surface area contributed by atoms with Gasteiger partial charge in [0.05, 0.1) is 24.0 Å². The third-order valence-electron chi connectivity index (χ3n) is 2.54. The standard InChI is InChI=1S/C14H10F2N2O/c1-19-11-4-2-9(8-17)13(7-11)18-14-6-10(15)3-5-12(14)16/h2-7,18H,1H3. The van der Waals surface area contributed by atoms with Gasteiger partial charge in [0.25, 0.3) is 0 Å².